The van der Waals surface area contributed by atoms with Crippen LogP contribution in [-0.2, 0) is 4.79 Å². The lowest BCUT2D eigenvalue weighted by atomic mass is 10.00. The van der Waals surface area contributed by atoms with Crippen molar-refractivity contribution in [2.45, 2.75) is 13.8 Å². The van der Waals surface area contributed by atoms with Crippen LogP contribution in [0, 0.1) is 0 Å². The predicted octanol–water partition coefficient (Wildman–Crippen LogP) is 2.71. The highest BCUT2D eigenvalue weighted by molar-refractivity contribution is 6.13. The average Bonchev–Trinajstić information content (AvgIpc) is 2.57. The molecule has 0 heterocycles. The third-order valence-electron chi connectivity index (χ3n) is 3.75. The van der Waals surface area contributed by atoms with Crippen LogP contribution in [0.25, 0.3) is 0 Å². The summed E-state index contributed by atoms with van der Waals surface area (Å²) in [7, 11) is 0. The van der Waals surface area contributed by atoms with Crippen LogP contribution in [0.4, 0.5) is 5.69 Å². The van der Waals surface area contributed by atoms with E-state index >= 15 is 0 Å². The summed E-state index contributed by atoms with van der Waals surface area (Å²) in [4.78, 5) is 25.2. The molecule has 0 atom stereocenters. The summed E-state index contributed by atoms with van der Waals surface area (Å²) in [5, 5.41) is 20.0. The second-order valence-electron chi connectivity index (χ2n) is 5.07. The zero-order valence-electron chi connectivity index (χ0n) is 13.5. The quantitative estimate of drug-likeness (QED) is 0.600. The number of benzene rings is 2. The molecule has 0 fully saturated rings. The number of ketones is 1. The van der Waals surface area contributed by atoms with Gasteiger partial charge in [0.05, 0.1) is 16.8 Å². The average molecular weight is 329 g/mol. The van der Waals surface area contributed by atoms with Gasteiger partial charge in [-0.2, -0.15) is 0 Å². The Balaban J connectivity index is 2.58. The zero-order valence-corrected chi connectivity index (χ0v) is 13.5. The minimum Gasteiger partial charge on any atom is -0.507 e. The molecule has 0 aliphatic carbocycles. The first-order valence-electron chi connectivity index (χ1n) is 7.58. The maximum absolute atomic E-state index is 12.7. The second kappa shape index (κ2) is 7.50. The van der Waals surface area contributed by atoms with E-state index in [4.69, 9.17) is 4.74 Å². The first-order chi connectivity index (χ1) is 11.5. The van der Waals surface area contributed by atoms with Gasteiger partial charge >= 0.3 is 0 Å². The van der Waals surface area contributed by atoms with Crippen LogP contribution in [0.5, 0.6) is 17.2 Å². The minimum absolute atomic E-state index is 0.0247. The van der Waals surface area contributed by atoms with Gasteiger partial charge in [0, 0.05) is 19.2 Å². The van der Waals surface area contributed by atoms with Crippen molar-refractivity contribution in [3.63, 3.8) is 0 Å². The van der Waals surface area contributed by atoms with Gasteiger partial charge in [-0.1, -0.05) is 12.1 Å². The fourth-order valence-electron chi connectivity index (χ4n) is 2.51. The maximum Gasteiger partial charge on any atom is 0.298 e. The molecule has 0 unspecified atom stereocenters. The van der Waals surface area contributed by atoms with Crippen LogP contribution in [0.2, 0.25) is 0 Å². The van der Waals surface area contributed by atoms with Gasteiger partial charge in [0.2, 0.25) is 5.78 Å². The fraction of sp³-hybridized carbons (Fsp3) is 0.222. The highest BCUT2D eigenvalue weighted by Crippen LogP contribution is 2.36. The Morgan fingerprint density at radius 3 is 2.33 bits per heavy atom. The van der Waals surface area contributed by atoms with E-state index in [2.05, 4.69) is 0 Å². The molecular weight excluding hydrogens is 310 g/mol. The molecule has 0 aliphatic heterocycles. The Hall–Kier alpha value is -3.02. The number of carbonyl (C=O) groups excluding carboxylic acids is 2. The number of hydrogen-bond donors (Lipinski definition) is 2. The first kappa shape index (κ1) is 17.3. The van der Waals surface area contributed by atoms with Crippen LogP contribution >= 0.6 is 0 Å². The van der Waals surface area contributed by atoms with Crippen LogP contribution in [0.3, 0.4) is 0 Å². The molecule has 0 bridgehead atoms. The molecule has 0 saturated carbocycles. The number of para-hydroxylation sites is 1. The van der Waals surface area contributed by atoms with E-state index in [0.29, 0.717) is 18.8 Å². The molecule has 2 rings (SSSR count). The summed E-state index contributed by atoms with van der Waals surface area (Å²) in [5.41, 5.74) is 0.627. The summed E-state index contributed by atoms with van der Waals surface area (Å²) in [5.74, 6) is -0.841. The van der Waals surface area contributed by atoms with Crippen molar-refractivity contribution in [1.82, 2.24) is 0 Å². The van der Waals surface area contributed by atoms with Crippen LogP contribution < -0.4 is 9.64 Å². The first-order valence-corrected chi connectivity index (χ1v) is 7.58. The van der Waals surface area contributed by atoms with E-state index in [1.165, 1.54) is 24.3 Å². The number of aromatic hydroxyl groups is 2. The molecular formula is C18H19NO5. The van der Waals surface area contributed by atoms with Gasteiger partial charge in [-0.25, -0.2) is 0 Å². The SMILES string of the molecule is CCN(CC)c1cc(C(=O)c2ccccc2O)c(O)cc1OC=O. The standard InChI is InChI=1S/C18H19NO5/c1-3-19(4-2)14-9-13(16(22)10-17(14)24-11-20)18(23)12-7-5-6-8-15(12)21/h5-11,21-22H,3-4H2,1-2H3. The van der Waals surface area contributed by atoms with Crippen molar-refractivity contribution in [3.8, 4) is 17.2 Å². The number of ether oxygens (including phenoxy) is 1. The van der Waals surface area contributed by atoms with Gasteiger partial charge in [-0.3, -0.25) is 9.59 Å². The number of phenols is 2. The van der Waals surface area contributed by atoms with Crippen LogP contribution in [-0.4, -0.2) is 35.6 Å². The molecule has 0 amide bonds. The zero-order chi connectivity index (χ0) is 17.7. The molecule has 6 heteroatoms. The number of hydrogen-bond acceptors (Lipinski definition) is 6. The van der Waals surface area contributed by atoms with E-state index in [1.807, 2.05) is 18.7 Å². The molecule has 0 saturated heterocycles. The Morgan fingerprint density at radius 1 is 1.08 bits per heavy atom. The number of carbonyl (C=O) groups is 2. The van der Waals surface area contributed by atoms with Gasteiger partial charge in [-0.05, 0) is 32.0 Å². The van der Waals surface area contributed by atoms with Crippen molar-refractivity contribution in [2.24, 2.45) is 0 Å². The largest absolute Gasteiger partial charge is 0.507 e. The minimum atomic E-state index is -0.517. The molecule has 24 heavy (non-hydrogen) atoms. The lowest BCUT2D eigenvalue weighted by Crippen LogP contribution is -2.23. The van der Waals surface area contributed by atoms with E-state index in [-0.39, 0.29) is 34.8 Å². The molecule has 2 N–H and O–H groups in total. The summed E-state index contributed by atoms with van der Waals surface area (Å²) in [6.45, 7) is 5.37. The van der Waals surface area contributed by atoms with Gasteiger partial charge in [0.25, 0.3) is 6.47 Å². The molecule has 126 valence electrons. The summed E-state index contributed by atoms with van der Waals surface area (Å²) < 4.78 is 4.92. The fourth-order valence-corrected chi connectivity index (χ4v) is 2.51. The van der Waals surface area contributed by atoms with Crippen molar-refractivity contribution in [3.05, 3.63) is 47.5 Å². The normalized spacial score (nSPS) is 10.2. The summed E-state index contributed by atoms with van der Waals surface area (Å²) in [6.07, 6.45) is 0. The monoisotopic (exact) mass is 329 g/mol. The molecule has 0 aromatic heterocycles. The van der Waals surface area contributed by atoms with E-state index < -0.39 is 5.78 Å². The number of nitrogens with zero attached hydrogens (tertiary/aromatic N) is 1. The van der Waals surface area contributed by atoms with Gasteiger partial charge in [0.1, 0.15) is 11.5 Å². The second-order valence-corrected chi connectivity index (χ2v) is 5.07. The third-order valence-corrected chi connectivity index (χ3v) is 3.75. The molecule has 6 nitrogen and oxygen atoms in total. The van der Waals surface area contributed by atoms with E-state index in [9.17, 15) is 19.8 Å². The predicted molar refractivity (Wildman–Crippen MR) is 89.9 cm³/mol. The number of anilines is 1. The molecule has 0 radical (unpaired) electrons. The number of phenolic OH excluding ortho intramolecular Hbond substituents is 2. The Labute approximate surface area is 139 Å². The van der Waals surface area contributed by atoms with Gasteiger partial charge < -0.3 is 19.8 Å². The third kappa shape index (κ3) is 3.32. The Kier molecular flexibility index (Phi) is 5.42. The topological polar surface area (TPSA) is 87.1 Å². The van der Waals surface area contributed by atoms with Crippen molar-refractivity contribution in [2.75, 3.05) is 18.0 Å². The van der Waals surface area contributed by atoms with Crippen molar-refractivity contribution >= 4 is 17.9 Å². The molecule has 2 aromatic rings. The lowest BCUT2D eigenvalue weighted by molar-refractivity contribution is -0.120. The van der Waals surface area contributed by atoms with Crippen LogP contribution in [0.1, 0.15) is 29.8 Å². The lowest BCUT2D eigenvalue weighted by Gasteiger charge is -2.24. The van der Waals surface area contributed by atoms with Gasteiger partial charge in [-0.15, -0.1) is 0 Å². The van der Waals surface area contributed by atoms with Crippen LogP contribution in [0.15, 0.2) is 36.4 Å². The maximum atomic E-state index is 12.7. The molecule has 2 aromatic carbocycles. The smallest absolute Gasteiger partial charge is 0.298 e. The van der Waals surface area contributed by atoms with Crippen molar-refractivity contribution < 1.29 is 24.5 Å². The summed E-state index contributed by atoms with van der Waals surface area (Å²) >= 11 is 0. The van der Waals surface area contributed by atoms with E-state index in [0.717, 1.165) is 0 Å². The molecule has 0 spiro atoms. The number of rotatable bonds is 7. The van der Waals surface area contributed by atoms with Gasteiger partial charge in [0.15, 0.2) is 5.75 Å². The summed E-state index contributed by atoms with van der Waals surface area (Å²) in [6, 6.07) is 8.81. The Bertz CT molecular complexity index is 753. The van der Waals surface area contributed by atoms with Crippen molar-refractivity contribution in [1.29, 1.82) is 0 Å². The van der Waals surface area contributed by atoms with E-state index in [1.54, 1.807) is 12.1 Å². The Morgan fingerprint density at radius 2 is 1.75 bits per heavy atom. The molecule has 0 aliphatic rings. The highest BCUT2D eigenvalue weighted by atomic mass is 16.5. The highest BCUT2D eigenvalue weighted by Gasteiger charge is 2.21.